The van der Waals surface area contributed by atoms with Gasteiger partial charge in [0.25, 0.3) is 0 Å². The van der Waals surface area contributed by atoms with Crippen molar-refractivity contribution in [3.63, 3.8) is 0 Å². The maximum Gasteiger partial charge on any atom is 0.182 e. The number of piperazine rings is 1. The third-order valence-corrected chi connectivity index (χ3v) is 6.43. The van der Waals surface area contributed by atoms with E-state index in [1.165, 1.54) is 12.1 Å². The van der Waals surface area contributed by atoms with Crippen LogP contribution in [0.5, 0.6) is 5.75 Å². The Bertz CT molecular complexity index is 1600. The van der Waals surface area contributed by atoms with Crippen LogP contribution in [0.2, 0.25) is 0 Å². The lowest BCUT2D eigenvalue weighted by molar-refractivity contribution is 0.469. The number of aromatic nitrogens is 3. The summed E-state index contributed by atoms with van der Waals surface area (Å²) in [5.74, 6) is -0.343. The molecule has 1 aliphatic heterocycles. The van der Waals surface area contributed by atoms with Gasteiger partial charge in [0.05, 0.1) is 22.9 Å². The number of phenolic OH excluding ortho intramolecular Hbond substituents is 1. The van der Waals surface area contributed by atoms with Crippen molar-refractivity contribution in [2.45, 2.75) is 0 Å². The van der Waals surface area contributed by atoms with E-state index in [1.54, 1.807) is 18.4 Å². The molecule has 4 heterocycles. The van der Waals surface area contributed by atoms with E-state index in [-0.39, 0.29) is 35.0 Å². The Morgan fingerprint density at radius 3 is 2.54 bits per heavy atom. The highest BCUT2D eigenvalue weighted by atomic mass is 35.5. The summed E-state index contributed by atoms with van der Waals surface area (Å²) in [7, 11) is 0. The topological polar surface area (TPSA) is 114 Å². The highest BCUT2D eigenvalue weighted by molar-refractivity contribution is 6.06. The molecule has 6 rings (SSSR count). The van der Waals surface area contributed by atoms with Crippen LogP contribution in [0.3, 0.4) is 0 Å². The fraction of sp³-hybridized carbons (Fsp3) is 0.148. The number of H-pyrrole nitrogens is 1. The van der Waals surface area contributed by atoms with Crippen LogP contribution in [-0.4, -0.2) is 46.5 Å². The number of hydrogen-bond acceptors (Lipinski definition) is 7. The van der Waals surface area contributed by atoms with Crippen molar-refractivity contribution in [3.8, 4) is 45.7 Å². The standard InChI is InChI=1S/C27H21FN6O2.ClH/c28-21-14-18(35)7-8-19(21)25-20(15-29)23(16-3-5-17(6-4-16)34-11-9-30-10-12-34)24-26(22-2-1-13-36-22)32-33-27(24)31-25;/h1-8,13-14,30,35H,9-12H2,(H,31,32,33);1H. The van der Waals surface area contributed by atoms with Crippen molar-refractivity contribution < 1.29 is 13.9 Å². The van der Waals surface area contributed by atoms with Gasteiger partial charge in [0.1, 0.15) is 23.3 Å². The number of rotatable bonds is 4. The largest absolute Gasteiger partial charge is 0.508 e. The summed E-state index contributed by atoms with van der Waals surface area (Å²) in [5.41, 5.74) is 3.81. The molecule has 5 aromatic rings. The molecule has 1 fully saturated rings. The zero-order valence-electron chi connectivity index (χ0n) is 19.5. The normalized spacial score (nSPS) is 13.4. The number of nitrogens with one attached hydrogen (secondary N) is 2. The molecule has 0 amide bonds. The number of nitrogens with zero attached hydrogens (tertiary/aromatic N) is 4. The van der Waals surface area contributed by atoms with E-state index in [0.717, 1.165) is 43.5 Å². The summed E-state index contributed by atoms with van der Waals surface area (Å²) in [6, 6.07) is 17.6. The molecule has 37 heavy (non-hydrogen) atoms. The molecule has 0 bridgehead atoms. The van der Waals surface area contributed by atoms with E-state index in [2.05, 4.69) is 31.5 Å². The first kappa shape index (κ1) is 24.3. The van der Waals surface area contributed by atoms with E-state index in [0.29, 0.717) is 28.1 Å². The maximum absolute atomic E-state index is 14.9. The van der Waals surface area contributed by atoms with E-state index in [4.69, 9.17) is 4.42 Å². The average Bonchev–Trinajstić information content (AvgIpc) is 3.58. The number of furan rings is 1. The Balaban J connectivity index is 0.00000280. The first-order valence-corrected chi connectivity index (χ1v) is 11.5. The summed E-state index contributed by atoms with van der Waals surface area (Å²) in [6.45, 7) is 3.68. The van der Waals surface area contributed by atoms with Crippen molar-refractivity contribution in [3.05, 3.63) is 72.2 Å². The van der Waals surface area contributed by atoms with Crippen LogP contribution in [0.1, 0.15) is 5.56 Å². The molecule has 0 atom stereocenters. The first-order chi connectivity index (χ1) is 17.6. The van der Waals surface area contributed by atoms with Gasteiger partial charge in [-0.15, -0.1) is 12.4 Å². The minimum Gasteiger partial charge on any atom is -0.508 e. The molecule has 1 saturated heterocycles. The first-order valence-electron chi connectivity index (χ1n) is 11.5. The monoisotopic (exact) mass is 516 g/mol. The lowest BCUT2D eigenvalue weighted by Crippen LogP contribution is -2.43. The minimum absolute atomic E-state index is 0. The molecule has 1 aliphatic rings. The van der Waals surface area contributed by atoms with Crippen molar-refractivity contribution in [1.29, 1.82) is 5.26 Å². The van der Waals surface area contributed by atoms with Gasteiger partial charge in [-0.2, -0.15) is 10.4 Å². The molecular formula is C27H22ClFN6O2. The molecule has 0 spiro atoms. The zero-order valence-corrected chi connectivity index (χ0v) is 20.3. The van der Waals surface area contributed by atoms with Gasteiger partial charge in [-0.1, -0.05) is 12.1 Å². The number of hydrogen-bond donors (Lipinski definition) is 3. The van der Waals surface area contributed by atoms with Crippen LogP contribution < -0.4 is 10.2 Å². The Morgan fingerprint density at radius 2 is 1.86 bits per heavy atom. The quantitative estimate of drug-likeness (QED) is 0.304. The molecule has 0 aliphatic carbocycles. The summed E-state index contributed by atoms with van der Waals surface area (Å²) in [6.07, 6.45) is 1.56. The van der Waals surface area contributed by atoms with Crippen molar-refractivity contribution in [1.82, 2.24) is 20.5 Å². The number of aromatic amines is 1. The maximum atomic E-state index is 14.9. The molecule has 3 N–H and O–H groups in total. The second-order valence-corrected chi connectivity index (χ2v) is 8.54. The fourth-order valence-corrected chi connectivity index (χ4v) is 4.70. The number of fused-ring (bicyclic) bond motifs is 1. The molecule has 3 aromatic heterocycles. The lowest BCUT2D eigenvalue weighted by Gasteiger charge is -2.29. The zero-order chi connectivity index (χ0) is 24.6. The number of pyridine rings is 1. The second-order valence-electron chi connectivity index (χ2n) is 8.54. The predicted octanol–water partition coefficient (Wildman–Crippen LogP) is 5.10. The van der Waals surface area contributed by atoms with Gasteiger partial charge in [-0.3, -0.25) is 5.10 Å². The van der Waals surface area contributed by atoms with Crippen LogP contribution in [0.15, 0.2) is 65.3 Å². The van der Waals surface area contributed by atoms with Gasteiger partial charge in [-0.25, -0.2) is 9.37 Å². The van der Waals surface area contributed by atoms with Gasteiger partial charge in [0.2, 0.25) is 0 Å². The van der Waals surface area contributed by atoms with E-state index in [1.807, 2.05) is 24.3 Å². The van der Waals surface area contributed by atoms with Gasteiger partial charge in [0, 0.05) is 49.1 Å². The van der Waals surface area contributed by atoms with Gasteiger partial charge in [0.15, 0.2) is 11.4 Å². The summed E-state index contributed by atoms with van der Waals surface area (Å²) >= 11 is 0. The van der Waals surface area contributed by atoms with Gasteiger partial charge in [-0.05, 0) is 42.0 Å². The number of nitriles is 1. The van der Waals surface area contributed by atoms with Gasteiger partial charge >= 0.3 is 0 Å². The number of benzene rings is 2. The van der Waals surface area contributed by atoms with Crippen LogP contribution in [-0.2, 0) is 0 Å². The molecule has 0 saturated carbocycles. The van der Waals surface area contributed by atoms with Crippen LogP contribution in [0.25, 0.3) is 44.9 Å². The Morgan fingerprint density at radius 1 is 1.08 bits per heavy atom. The summed E-state index contributed by atoms with van der Waals surface area (Å²) < 4.78 is 20.5. The van der Waals surface area contributed by atoms with E-state index >= 15 is 0 Å². The smallest absolute Gasteiger partial charge is 0.182 e. The van der Waals surface area contributed by atoms with Crippen LogP contribution in [0.4, 0.5) is 10.1 Å². The molecule has 0 unspecified atom stereocenters. The Hall–Kier alpha value is -4.39. The Kier molecular flexibility index (Phi) is 6.53. The molecular weight excluding hydrogens is 495 g/mol. The van der Waals surface area contributed by atoms with Crippen LogP contribution >= 0.6 is 12.4 Å². The highest BCUT2D eigenvalue weighted by Crippen LogP contribution is 2.41. The van der Waals surface area contributed by atoms with Crippen molar-refractivity contribution in [2.75, 3.05) is 31.1 Å². The van der Waals surface area contributed by atoms with Crippen molar-refractivity contribution >= 4 is 29.1 Å². The summed E-state index contributed by atoms with van der Waals surface area (Å²) in [4.78, 5) is 6.87. The van der Waals surface area contributed by atoms with Crippen molar-refractivity contribution in [2.24, 2.45) is 0 Å². The van der Waals surface area contributed by atoms with E-state index in [9.17, 15) is 14.8 Å². The van der Waals surface area contributed by atoms with E-state index < -0.39 is 5.82 Å². The number of aromatic hydroxyl groups is 1. The number of anilines is 1. The molecule has 2 aromatic carbocycles. The predicted molar refractivity (Wildman–Crippen MR) is 141 cm³/mol. The average molecular weight is 517 g/mol. The lowest BCUT2D eigenvalue weighted by atomic mass is 9.92. The molecule has 8 nitrogen and oxygen atoms in total. The molecule has 186 valence electrons. The summed E-state index contributed by atoms with van der Waals surface area (Å²) in [5, 5.41) is 31.3. The van der Waals surface area contributed by atoms with Gasteiger partial charge < -0.3 is 19.7 Å². The highest BCUT2D eigenvalue weighted by Gasteiger charge is 2.25. The molecule has 0 radical (unpaired) electrons. The minimum atomic E-state index is -0.680. The third-order valence-electron chi connectivity index (χ3n) is 6.43. The fourth-order valence-electron chi connectivity index (χ4n) is 4.70. The number of phenols is 1. The Labute approximate surface area is 217 Å². The van der Waals surface area contributed by atoms with Crippen LogP contribution in [0, 0.1) is 17.1 Å². The third kappa shape index (κ3) is 4.27. The molecule has 10 heteroatoms. The number of halogens is 2. The second kappa shape index (κ2) is 9.93. The SMILES string of the molecule is Cl.N#Cc1c(-c2ccc(O)cc2F)nc2n[nH]c(-c3ccco3)c2c1-c1ccc(N2CCNCC2)cc1.